The molecule has 0 N–H and O–H groups in total. The molecule has 4 heteroatoms. The van der Waals surface area contributed by atoms with Crippen molar-refractivity contribution in [1.29, 1.82) is 0 Å². The molecule has 0 aliphatic rings. The van der Waals surface area contributed by atoms with Gasteiger partial charge in [-0.1, -0.05) is 25.4 Å². The third-order valence-corrected chi connectivity index (χ3v) is 3.99. The highest BCUT2D eigenvalue weighted by Gasteiger charge is 2.20. The van der Waals surface area contributed by atoms with Crippen LogP contribution in [0.5, 0.6) is 0 Å². The summed E-state index contributed by atoms with van der Waals surface area (Å²) < 4.78 is 1.50. The number of carbonyl (C=O) groups is 1. The molecular weight excluding hydrogens is 272 g/mol. The molecule has 0 spiro atoms. The molecule has 1 aromatic carbocycles. The first kappa shape index (κ1) is 14.8. The number of halogens is 1. The Balaban J connectivity index is 2.43. The van der Waals surface area contributed by atoms with Gasteiger partial charge in [0.15, 0.2) is 0 Å². The van der Waals surface area contributed by atoms with Gasteiger partial charge in [0.05, 0.1) is 5.69 Å². The molecule has 1 atom stereocenters. The summed E-state index contributed by atoms with van der Waals surface area (Å²) in [6, 6.07) is 6.89. The summed E-state index contributed by atoms with van der Waals surface area (Å²) in [4.78, 5) is 12.5. The van der Waals surface area contributed by atoms with E-state index in [0.717, 1.165) is 17.8 Å². The SMILES string of the molecule is CCC(C)c1c(C)nn(C(=O)c2ccc(Cl)cc2)c1C. The van der Waals surface area contributed by atoms with Gasteiger partial charge >= 0.3 is 0 Å². The summed E-state index contributed by atoms with van der Waals surface area (Å²) in [5, 5.41) is 5.03. The Labute approximate surface area is 124 Å². The predicted molar refractivity (Wildman–Crippen MR) is 81.6 cm³/mol. The Morgan fingerprint density at radius 3 is 2.45 bits per heavy atom. The Kier molecular flexibility index (Phi) is 4.29. The molecule has 0 radical (unpaired) electrons. The molecule has 0 fully saturated rings. The van der Waals surface area contributed by atoms with E-state index in [0.29, 0.717) is 16.5 Å². The molecule has 0 bridgehead atoms. The molecule has 0 aliphatic carbocycles. The molecule has 1 unspecified atom stereocenters. The largest absolute Gasteiger partial charge is 0.278 e. The van der Waals surface area contributed by atoms with Crippen LogP contribution in [0.4, 0.5) is 0 Å². The summed E-state index contributed by atoms with van der Waals surface area (Å²) in [5.74, 6) is 0.290. The van der Waals surface area contributed by atoms with Gasteiger partial charge in [-0.15, -0.1) is 0 Å². The molecule has 20 heavy (non-hydrogen) atoms. The van der Waals surface area contributed by atoms with E-state index in [1.54, 1.807) is 24.3 Å². The third-order valence-electron chi connectivity index (χ3n) is 3.74. The Morgan fingerprint density at radius 2 is 1.90 bits per heavy atom. The molecule has 106 valence electrons. The van der Waals surface area contributed by atoms with Crippen LogP contribution >= 0.6 is 11.6 Å². The van der Waals surface area contributed by atoms with Crippen LogP contribution in [-0.2, 0) is 0 Å². The van der Waals surface area contributed by atoms with Crippen molar-refractivity contribution in [2.75, 3.05) is 0 Å². The summed E-state index contributed by atoms with van der Waals surface area (Å²) in [5.41, 5.74) is 3.63. The summed E-state index contributed by atoms with van der Waals surface area (Å²) >= 11 is 5.85. The van der Waals surface area contributed by atoms with Crippen molar-refractivity contribution in [3.05, 3.63) is 51.8 Å². The van der Waals surface area contributed by atoms with Gasteiger partial charge in [0.25, 0.3) is 5.91 Å². The van der Waals surface area contributed by atoms with Crippen LogP contribution in [0.1, 0.15) is 53.5 Å². The van der Waals surface area contributed by atoms with E-state index in [1.165, 1.54) is 10.2 Å². The lowest BCUT2D eigenvalue weighted by molar-refractivity contribution is 0.0942. The molecule has 0 amide bonds. The van der Waals surface area contributed by atoms with E-state index in [9.17, 15) is 4.79 Å². The van der Waals surface area contributed by atoms with Crippen molar-refractivity contribution in [1.82, 2.24) is 9.78 Å². The minimum Gasteiger partial charge on any atom is -0.267 e. The van der Waals surface area contributed by atoms with Crippen molar-refractivity contribution in [2.24, 2.45) is 0 Å². The highest BCUT2D eigenvalue weighted by molar-refractivity contribution is 6.30. The van der Waals surface area contributed by atoms with E-state index in [1.807, 2.05) is 13.8 Å². The fourth-order valence-electron chi connectivity index (χ4n) is 2.48. The predicted octanol–water partition coefficient (Wildman–Crippen LogP) is 4.36. The van der Waals surface area contributed by atoms with E-state index < -0.39 is 0 Å². The zero-order chi connectivity index (χ0) is 14.9. The monoisotopic (exact) mass is 290 g/mol. The number of rotatable bonds is 3. The third kappa shape index (κ3) is 2.63. The summed E-state index contributed by atoms with van der Waals surface area (Å²) in [6.07, 6.45) is 1.03. The van der Waals surface area contributed by atoms with Crippen molar-refractivity contribution in [2.45, 2.75) is 40.0 Å². The molecule has 0 saturated heterocycles. The first-order chi connectivity index (χ1) is 9.45. The van der Waals surface area contributed by atoms with Crippen LogP contribution in [0.15, 0.2) is 24.3 Å². The fraction of sp³-hybridized carbons (Fsp3) is 0.375. The van der Waals surface area contributed by atoms with Gasteiger partial charge < -0.3 is 0 Å². The average molecular weight is 291 g/mol. The Hall–Kier alpha value is -1.61. The molecule has 2 rings (SSSR count). The molecule has 0 aliphatic heterocycles. The highest BCUT2D eigenvalue weighted by atomic mass is 35.5. The van der Waals surface area contributed by atoms with Crippen molar-refractivity contribution < 1.29 is 4.79 Å². The van der Waals surface area contributed by atoms with Gasteiger partial charge in [-0.2, -0.15) is 5.10 Å². The van der Waals surface area contributed by atoms with E-state index >= 15 is 0 Å². The second kappa shape index (κ2) is 5.80. The number of aryl methyl sites for hydroxylation is 1. The fourth-order valence-corrected chi connectivity index (χ4v) is 2.61. The number of benzene rings is 1. The smallest absolute Gasteiger partial charge is 0.267 e. The first-order valence-electron chi connectivity index (χ1n) is 6.82. The molecule has 3 nitrogen and oxygen atoms in total. The van der Waals surface area contributed by atoms with Crippen LogP contribution in [0, 0.1) is 13.8 Å². The Morgan fingerprint density at radius 1 is 1.30 bits per heavy atom. The van der Waals surface area contributed by atoms with Crippen LogP contribution in [-0.4, -0.2) is 15.7 Å². The minimum absolute atomic E-state index is 0.114. The van der Waals surface area contributed by atoms with Gasteiger partial charge in [0.2, 0.25) is 0 Å². The van der Waals surface area contributed by atoms with E-state index in [2.05, 4.69) is 18.9 Å². The van der Waals surface area contributed by atoms with Crippen molar-refractivity contribution in [3.63, 3.8) is 0 Å². The van der Waals surface area contributed by atoms with Gasteiger partial charge in [-0.25, -0.2) is 4.68 Å². The number of nitrogens with zero attached hydrogens (tertiary/aromatic N) is 2. The highest BCUT2D eigenvalue weighted by Crippen LogP contribution is 2.26. The minimum atomic E-state index is -0.114. The number of hydrogen-bond donors (Lipinski definition) is 0. The van der Waals surface area contributed by atoms with Gasteiger partial charge in [0, 0.05) is 16.3 Å². The molecule has 0 saturated carbocycles. The Bertz CT molecular complexity index is 629. The van der Waals surface area contributed by atoms with E-state index in [-0.39, 0.29) is 5.91 Å². The molecule has 1 aromatic heterocycles. The zero-order valence-electron chi connectivity index (χ0n) is 12.3. The van der Waals surface area contributed by atoms with Gasteiger partial charge in [-0.05, 0) is 56.0 Å². The second-order valence-electron chi connectivity index (χ2n) is 5.12. The van der Waals surface area contributed by atoms with Crippen LogP contribution < -0.4 is 0 Å². The quantitative estimate of drug-likeness (QED) is 0.842. The maximum absolute atomic E-state index is 12.5. The first-order valence-corrected chi connectivity index (χ1v) is 7.19. The molecule has 1 heterocycles. The van der Waals surface area contributed by atoms with Crippen molar-refractivity contribution in [3.8, 4) is 0 Å². The lowest BCUT2D eigenvalue weighted by Gasteiger charge is -2.09. The lowest BCUT2D eigenvalue weighted by Crippen LogP contribution is -2.15. The summed E-state index contributed by atoms with van der Waals surface area (Å²) in [7, 11) is 0. The summed E-state index contributed by atoms with van der Waals surface area (Å²) in [6.45, 7) is 8.21. The van der Waals surface area contributed by atoms with Crippen LogP contribution in [0.2, 0.25) is 5.02 Å². The van der Waals surface area contributed by atoms with Crippen molar-refractivity contribution >= 4 is 17.5 Å². The lowest BCUT2D eigenvalue weighted by atomic mass is 9.97. The van der Waals surface area contributed by atoms with Crippen LogP contribution in [0.3, 0.4) is 0 Å². The average Bonchev–Trinajstić information content (AvgIpc) is 2.73. The molecule has 2 aromatic rings. The van der Waals surface area contributed by atoms with E-state index in [4.69, 9.17) is 11.6 Å². The number of hydrogen-bond acceptors (Lipinski definition) is 2. The topological polar surface area (TPSA) is 34.9 Å². The normalized spacial score (nSPS) is 12.4. The van der Waals surface area contributed by atoms with Crippen LogP contribution in [0.25, 0.3) is 0 Å². The molecular formula is C16H19ClN2O. The second-order valence-corrected chi connectivity index (χ2v) is 5.55. The van der Waals surface area contributed by atoms with Gasteiger partial charge in [-0.3, -0.25) is 4.79 Å². The standard InChI is InChI=1S/C16H19ClN2O/c1-5-10(2)15-11(3)18-19(12(15)4)16(20)13-6-8-14(17)9-7-13/h6-10H,5H2,1-4H3. The zero-order valence-corrected chi connectivity index (χ0v) is 13.0. The maximum atomic E-state index is 12.5. The number of carbonyl (C=O) groups excluding carboxylic acids is 1. The maximum Gasteiger partial charge on any atom is 0.278 e. The van der Waals surface area contributed by atoms with Gasteiger partial charge in [0.1, 0.15) is 0 Å². The number of aromatic nitrogens is 2.